The van der Waals surface area contributed by atoms with E-state index in [1.807, 2.05) is 0 Å². The average Bonchev–Trinajstić information content (AvgIpc) is 2.68. The molecule has 0 aliphatic carbocycles. The second-order valence-electron chi connectivity index (χ2n) is 6.48. The Morgan fingerprint density at radius 2 is 1.93 bits per heavy atom. The van der Waals surface area contributed by atoms with Crippen LogP contribution in [0, 0.1) is 0 Å². The molecule has 1 atom stereocenters. The fourth-order valence-corrected chi connectivity index (χ4v) is 2.93. The van der Waals surface area contributed by atoms with Crippen LogP contribution in [0.1, 0.15) is 29.6 Å². The Balaban J connectivity index is 1.88. The fraction of sp³-hybridized carbons (Fsp3) is 0.333. The quantitative estimate of drug-likeness (QED) is 0.769. The number of hydrogen-bond donors (Lipinski definition) is 2. The zero-order chi connectivity index (χ0) is 21.2. The molecule has 3 heterocycles. The van der Waals surface area contributed by atoms with Crippen LogP contribution < -0.4 is 5.73 Å². The highest BCUT2D eigenvalue weighted by molar-refractivity contribution is 5.89. The van der Waals surface area contributed by atoms with Gasteiger partial charge in [0.2, 0.25) is 6.35 Å². The van der Waals surface area contributed by atoms with Gasteiger partial charge >= 0.3 is 6.18 Å². The molecule has 0 aromatic carbocycles. The second kappa shape index (κ2) is 8.13. The lowest BCUT2D eigenvalue weighted by Crippen LogP contribution is -2.52. The van der Waals surface area contributed by atoms with E-state index < -0.39 is 24.1 Å². The van der Waals surface area contributed by atoms with Gasteiger partial charge in [-0.1, -0.05) is 0 Å². The summed E-state index contributed by atoms with van der Waals surface area (Å²) >= 11 is 0. The molecule has 1 aliphatic heterocycles. The van der Waals surface area contributed by atoms with Gasteiger partial charge in [-0.3, -0.25) is 9.69 Å². The smallest absolute Gasteiger partial charge is 0.356 e. The first-order chi connectivity index (χ1) is 13.7. The van der Waals surface area contributed by atoms with Crippen molar-refractivity contribution in [3.8, 4) is 0 Å². The van der Waals surface area contributed by atoms with Crippen molar-refractivity contribution in [3.05, 3.63) is 65.1 Å². The molecule has 11 heteroatoms. The van der Waals surface area contributed by atoms with Gasteiger partial charge in [0.15, 0.2) is 0 Å². The van der Waals surface area contributed by atoms with Crippen LogP contribution >= 0.6 is 0 Å². The van der Waals surface area contributed by atoms with E-state index in [1.54, 1.807) is 19.2 Å². The Hall–Kier alpha value is -3.05. The molecular weight excluding hydrogens is 389 g/mol. The molecule has 3 rings (SSSR count). The molecule has 0 spiro atoms. The lowest BCUT2D eigenvalue weighted by atomic mass is 10.1. The number of pyridine rings is 1. The van der Waals surface area contributed by atoms with E-state index in [0.29, 0.717) is 11.4 Å². The Morgan fingerprint density at radius 1 is 1.21 bits per heavy atom. The maximum Gasteiger partial charge on any atom is 0.433 e. The van der Waals surface area contributed by atoms with Crippen LogP contribution in [0.4, 0.5) is 13.2 Å². The van der Waals surface area contributed by atoms with Gasteiger partial charge in [-0.25, -0.2) is 15.0 Å². The minimum absolute atomic E-state index is 0.0254. The van der Waals surface area contributed by atoms with Crippen LogP contribution in [0.25, 0.3) is 0 Å². The summed E-state index contributed by atoms with van der Waals surface area (Å²) in [6.07, 6.45) is -1.86. The van der Waals surface area contributed by atoms with Crippen molar-refractivity contribution in [2.24, 2.45) is 5.73 Å². The molecule has 1 aliphatic rings. The summed E-state index contributed by atoms with van der Waals surface area (Å²) in [5.74, 6) is -0.539. The zero-order valence-corrected chi connectivity index (χ0v) is 15.5. The van der Waals surface area contributed by atoms with E-state index in [9.17, 15) is 23.1 Å². The van der Waals surface area contributed by atoms with Gasteiger partial charge in [0.1, 0.15) is 12.0 Å². The Bertz CT molecular complexity index is 920. The number of halogens is 3. The second-order valence-corrected chi connectivity index (χ2v) is 6.48. The molecule has 2 aromatic rings. The summed E-state index contributed by atoms with van der Waals surface area (Å²) in [6.45, 7) is 1.39. The standard InChI is InChI=1S/C18H19F3N6O2/c1-11-4-16(28)27(17(29)26(11)8-13-2-3-23-10-24-13)9-14-5-12(7-22)6-15(25-14)18(19,20)21/h2-6,10,17,29H,7-9,22H2,1H3. The predicted octanol–water partition coefficient (Wildman–Crippen LogP) is 1.37. The minimum Gasteiger partial charge on any atom is -0.356 e. The maximum absolute atomic E-state index is 13.1. The van der Waals surface area contributed by atoms with Crippen LogP contribution in [-0.4, -0.2) is 42.1 Å². The fourth-order valence-electron chi connectivity index (χ4n) is 2.93. The van der Waals surface area contributed by atoms with Gasteiger partial charge in [-0.2, -0.15) is 13.2 Å². The lowest BCUT2D eigenvalue weighted by Gasteiger charge is -2.40. The van der Waals surface area contributed by atoms with Crippen LogP contribution in [0.5, 0.6) is 0 Å². The highest BCUT2D eigenvalue weighted by Crippen LogP contribution is 2.29. The monoisotopic (exact) mass is 408 g/mol. The predicted molar refractivity (Wildman–Crippen MR) is 95.0 cm³/mol. The number of carbonyl (C=O) groups excluding carboxylic acids is 1. The molecule has 154 valence electrons. The van der Waals surface area contributed by atoms with Gasteiger partial charge in [0.25, 0.3) is 5.91 Å². The summed E-state index contributed by atoms with van der Waals surface area (Å²) in [4.78, 5) is 26.4. The third-order valence-corrected chi connectivity index (χ3v) is 4.40. The van der Waals surface area contributed by atoms with Crippen LogP contribution in [0.15, 0.2) is 42.5 Å². The van der Waals surface area contributed by atoms with Crippen molar-refractivity contribution in [2.75, 3.05) is 0 Å². The number of aliphatic hydroxyl groups is 1. The van der Waals surface area contributed by atoms with Gasteiger partial charge in [0.05, 0.1) is 24.5 Å². The van der Waals surface area contributed by atoms with E-state index in [1.165, 1.54) is 23.4 Å². The molecule has 0 radical (unpaired) electrons. The summed E-state index contributed by atoms with van der Waals surface area (Å²) in [5, 5.41) is 10.7. The number of nitrogens with zero attached hydrogens (tertiary/aromatic N) is 5. The van der Waals surface area contributed by atoms with Crippen molar-refractivity contribution in [3.63, 3.8) is 0 Å². The number of allylic oxidation sites excluding steroid dienone is 1. The van der Waals surface area contributed by atoms with E-state index in [4.69, 9.17) is 5.73 Å². The van der Waals surface area contributed by atoms with Crippen molar-refractivity contribution < 1.29 is 23.1 Å². The van der Waals surface area contributed by atoms with Gasteiger partial charge in [-0.15, -0.1) is 0 Å². The SMILES string of the molecule is CC1=CC(=O)N(Cc2cc(CN)cc(C(F)(F)F)n2)C(O)N1Cc1ccncn1. The number of hydrogen-bond acceptors (Lipinski definition) is 7. The summed E-state index contributed by atoms with van der Waals surface area (Å²) in [7, 11) is 0. The summed E-state index contributed by atoms with van der Waals surface area (Å²) in [6, 6.07) is 3.90. The van der Waals surface area contributed by atoms with Crippen LogP contribution in [0.3, 0.4) is 0 Å². The van der Waals surface area contributed by atoms with E-state index in [-0.39, 0.29) is 30.9 Å². The zero-order valence-electron chi connectivity index (χ0n) is 15.5. The molecule has 8 nitrogen and oxygen atoms in total. The Morgan fingerprint density at radius 3 is 2.55 bits per heavy atom. The Labute approximate surface area is 164 Å². The number of aromatic nitrogens is 3. The molecule has 0 fully saturated rings. The van der Waals surface area contributed by atoms with Crippen molar-refractivity contribution in [1.29, 1.82) is 0 Å². The van der Waals surface area contributed by atoms with Crippen molar-refractivity contribution in [2.45, 2.75) is 39.1 Å². The number of amides is 1. The number of alkyl halides is 3. The van der Waals surface area contributed by atoms with E-state index in [0.717, 1.165) is 11.0 Å². The average molecular weight is 408 g/mol. The molecule has 0 saturated heterocycles. The molecule has 29 heavy (non-hydrogen) atoms. The topological polar surface area (TPSA) is 108 Å². The van der Waals surface area contributed by atoms with Gasteiger partial charge in [-0.05, 0) is 30.7 Å². The largest absolute Gasteiger partial charge is 0.433 e. The lowest BCUT2D eigenvalue weighted by molar-refractivity contribution is -0.158. The van der Waals surface area contributed by atoms with Crippen LogP contribution in [-0.2, 0) is 30.6 Å². The molecule has 0 bridgehead atoms. The Kier molecular flexibility index (Phi) is 5.80. The van der Waals surface area contributed by atoms with Crippen molar-refractivity contribution in [1.82, 2.24) is 24.8 Å². The molecular formula is C18H19F3N6O2. The number of aliphatic hydroxyl groups excluding tert-OH is 1. The van der Waals surface area contributed by atoms with Gasteiger partial charge < -0.3 is 15.7 Å². The summed E-state index contributed by atoms with van der Waals surface area (Å²) in [5.41, 5.74) is 5.69. The van der Waals surface area contributed by atoms with Gasteiger partial charge in [0, 0.05) is 24.5 Å². The number of carbonyl (C=O) groups is 1. The minimum atomic E-state index is -4.65. The molecule has 1 amide bonds. The first-order valence-electron chi connectivity index (χ1n) is 8.64. The first kappa shape index (κ1) is 20.7. The molecule has 0 saturated carbocycles. The van der Waals surface area contributed by atoms with E-state index in [2.05, 4.69) is 15.0 Å². The normalized spacial score (nSPS) is 17.5. The maximum atomic E-state index is 13.1. The van der Waals surface area contributed by atoms with Crippen LogP contribution in [0.2, 0.25) is 0 Å². The summed E-state index contributed by atoms with van der Waals surface area (Å²) < 4.78 is 39.3. The molecule has 1 unspecified atom stereocenters. The number of nitrogens with two attached hydrogens (primary N) is 1. The number of rotatable bonds is 5. The highest BCUT2D eigenvalue weighted by atomic mass is 19.4. The third-order valence-electron chi connectivity index (χ3n) is 4.40. The van der Waals surface area contributed by atoms with E-state index >= 15 is 0 Å². The van der Waals surface area contributed by atoms with Crippen molar-refractivity contribution >= 4 is 5.91 Å². The molecule has 2 aromatic heterocycles. The highest BCUT2D eigenvalue weighted by Gasteiger charge is 2.35. The third kappa shape index (κ3) is 4.69. The first-order valence-corrected chi connectivity index (χ1v) is 8.64. The molecule has 3 N–H and O–H groups in total.